The molecular formula is C32H43BrN4O5. The highest BCUT2D eigenvalue weighted by molar-refractivity contribution is 9.10. The number of rotatable bonds is 7. The molecule has 0 unspecified atom stereocenters. The number of carbonyl (C=O) groups excluding carboxylic acids is 3. The van der Waals surface area contributed by atoms with Gasteiger partial charge >= 0.3 is 6.09 Å². The maximum atomic E-state index is 13.4. The van der Waals surface area contributed by atoms with Gasteiger partial charge in [-0.2, -0.15) is 0 Å². The Kier molecular flexibility index (Phi) is 10.1. The highest BCUT2D eigenvalue weighted by Crippen LogP contribution is 2.29. The number of anilines is 1. The summed E-state index contributed by atoms with van der Waals surface area (Å²) in [7, 11) is 0. The smallest absolute Gasteiger partial charge is 0.410 e. The fourth-order valence-corrected chi connectivity index (χ4v) is 5.51. The molecule has 2 fully saturated rings. The van der Waals surface area contributed by atoms with E-state index in [1.807, 2.05) is 69.3 Å². The van der Waals surface area contributed by atoms with Crippen molar-refractivity contribution in [3.05, 3.63) is 58.6 Å². The molecule has 10 heteroatoms. The second kappa shape index (κ2) is 13.4. The van der Waals surface area contributed by atoms with Crippen LogP contribution in [0.5, 0.6) is 5.75 Å². The van der Waals surface area contributed by atoms with Crippen LogP contribution in [0.4, 0.5) is 10.5 Å². The van der Waals surface area contributed by atoms with E-state index in [0.29, 0.717) is 45.0 Å². The number of carbonyl (C=O) groups is 3. The summed E-state index contributed by atoms with van der Waals surface area (Å²) < 4.78 is 12.7. The molecule has 0 bridgehead atoms. The van der Waals surface area contributed by atoms with Gasteiger partial charge in [0.1, 0.15) is 11.4 Å². The molecule has 0 aliphatic carbocycles. The molecule has 2 aromatic carbocycles. The number of ether oxygens (including phenoxy) is 2. The van der Waals surface area contributed by atoms with E-state index in [-0.39, 0.29) is 23.8 Å². The summed E-state index contributed by atoms with van der Waals surface area (Å²) in [4.78, 5) is 44.4. The zero-order valence-electron chi connectivity index (χ0n) is 25.3. The second-order valence-electron chi connectivity index (χ2n) is 12.5. The van der Waals surface area contributed by atoms with Gasteiger partial charge in [-0.15, -0.1) is 0 Å². The lowest BCUT2D eigenvalue weighted by molar-refractivity contribution is -0.147. The molecule has 9 nitrogen and oxygen atoms in total. The zero-order valence-corrected chi connectivity index (χ0v) is 26.9. The molecule has 2 saturated heterocycles. The number of amides is 3. The summed E-state index contributed by atoms with van der Waals surface area (Å²) >= 11 is 3.44. The van der Waals surface area contributed by atoms with E-state index >= 15 is 0 Å². The summed E-state index contributed by atoms with van der Waals surface area (Å²) in [6.45, 7) is 12.7. The summed E-state index contributed by atoms with van der Waals surface area (Å²) in [5.74, 6) is 0.432. The molecule has 1 N–H and O–H groups in total. The number of halogens is 1. The minimum Gasteiger partial charge on any atom is -0.478 e. The fourth-order valence-electron chi connectivity index (χ4n) is 5.24. The molecule has 0 spiro atoms. The molecule has 2 aliphatic heterocycles. The third-order valence-corrected chi connectivity index (χ3v) is 7.99. The first-order chi connectivity index (χ1) is 19.8. The predicted octanol–water partition coefficient (Wildman–Crippen LogP) is 5.22. The molecule has 1 atom stereocenters. The van der Waals surface area contributed by atoms with Gasteiger partial charge in [0.2, 0.25) is 5.91 Å². The average Bonchev–Trinajstić information content (AvgIpc) is 2.95. The number of benzene rings is 2. The molecule has 42 heavy (non-hydrogen) atoms. The van der Waals surface area contributed by atoms with Gasteiger partial charge in [0.25, 0.3) is 5.91 Å². The van der Waals surface area contributed by atoms with Gasteiger partial charge in [-0.1, -0.05) is 34.1 Å². The van der Waals surface area contributed by atoms with Crippen LogP contribution in [0, 0.1) is 5.92 Å². The van der Waals surface area contributed by atoms with Crippen LogP contribution in [0.2, 0.25) is 0 Å². The van der Waals surface area contributed by atoms with Gasteiger partial charge in [-0.05, 0) is 77.3 Å². The Hall–Kier alpha value is -3.27. The maximum Gasteiger partial charge on any atom is 0.410 e. The van der Waals surface area contributed by atoms with Crippen molar-refractivity contribution >= 4 is 39.5 Å². The van der Waals surface area contributed by atoms with Crippen LogP contribution in [0.3, 0.4) is 0 Å². The number of hydrogen-bond donors (Lipinski definition) is 1. The fraction of sp³-hybridized carbons (Fsp3) is 0.531. The topological polar surface area (TPSA) is 91.4 Å². The zero-order chi connectivity index (χ0) is 30.5. The van der Waals surface area contributed by atoms with Crippen molar-refractivity contribution in [1.29, 1.82) is 0 Å². The lowest BCUT2D eigenvalue weighted by Gasteiger charge is -2.39. The Morgan fingerprint density at radius 2 is 1.60 bits per heavy atom. The van der Waals surface area contributed by atoms with E-state index in [2.05, 4.69) is 26.1 Å². The predicted molar refractivity (Wildman–Crippen MR) is 166 cm³/mol. The summed E-state index contributed by atoms with van der Waals surface area (Å²) in [5.41, 5.74) is 0.374. The maximum absolute atomic E-state index is 13.4. The largest absolute Gasteiger partial charge is 0.478 e. The standard InChI is InChI=1S/C32H43BrN4O5/c1-31(2,3)42-30(40)36-18-16-35(17-19-36)29(39)32(4,5)41-27-10-6-9-26(20-27)37-15-7-8-24(22-37)28(38)34-21-23-11-13-25(33)14-12-23/h6,9-14,20,24H,7-8,15-19,21-22H2,1-5H3,(H,34,38)/t24-/m1/s1. The minimum absolute atomic E-state index is 0.0634. The Balaban J connectivity index is 1.31. The van der Waals surface area contributed by atoms with Crippen LogP contribution in [-0.2, 0) is 20.9 Å². The van der Waals surface area contributed by atoms with Crippen LogP contribution in [0.25, 0.3) is 0 Å². The van der Waals surface area contributed by atoms with Crippen LogP contribution in [0.15, 0.2) is 53.0 Å². The molecule has 0 radical (unpaired) electrons. The van der Waals surface area contributed by atoms with E-state index < -0.39 is 11.2 Å². The monoisotopic (exact) mass is 642 g/mol. The molecule has 2 aliphatic rings. The second-order valence-corrected chi connectivity index (χ2v) is 13.4. The van der Waals surface area contributed by atoms with Gasteiger partial charge in [0, 0.05) is 62.0 Å². The highest BCUT2D eigenvalue weighted by Gasteiger charge is 2.37. The van der Waals surface area contributed by atoms with Gasteiger partial charge in [0.15, 0.2) is 5.60 Å². The number of nitrogens with one attached hydrogen (secondary N) is 1. The first kappa shape index (κ1) is 31.7. The van der Waals surface area contributed by atoms with Gasteiger partial charge < -0.3 is 29.5 Å². The Morgan fingerprint density at radius 1 is 0.929 bits per heavy atom. The van der Waals surface area contributed by atoms with Crippen molar-refractivity contribution in [3.63, 3.8) is 0 Å². The molecule has 0 aromatic heterocycles. The van der Waals surface area contributed by atoms with E-state index in [0.717, 1.165) is 35.1 Å². The summed E-state index contributed by atoms with van der Waals surface area (Å²) in [5, 5.41) is 3.09. The Morgan fingerprint density at radius 3 is 2.26 bits per heavy atom. The lowest BCUT2D eigenvalue weighted by Crippen LogP contribution is -2.57. The van der Waals surface area contributed by atoms with Gasteiger partial charge in [-0.25, -0.2) is 4.79 Å². The molecule has 2 aromatic rings. The molecule has 2 heterocycles. The van der Waals surface area contributed by atoms with Crippen LogP contribution >= 0.6 is 15.9 Å². The Labute approximate surface area is 257 Å². The SMILES string of the molecule is CC(C)(C)OC(=O)N1CCN(C(=O)C(C)(C)Oc2cccc(N3CCC[C@@H](C(=O)NCc4ccc(Br)cc4)C3)c2)CC1. The van der Waals surface area contributed by atoms with Crippen LogP contribution < -0.4 is 15.0 Å². The third kappa shape index (κ3) is 8.63. The van der Waals surface area contributed by atoms with Crippen molar-refractivity contribution in [2.45, 2.75) is 65.2 Å². The van der Waals surface area contributed by atoms with E-state index in [4.69, 9.17) is 9.47 Å². The summed E-state index contributed by atoms with van der Waals surface area (Å²) in [6.07, 6.45) is 1.41. The van der Waals surface area contributed by atoms with E-state index in [1.165, 1.54) is 0 Å². The minimum atomic E-state index is -1.09. The molecule has 3 amide bonds. The Bertz CT molecular complexity index is 1250. The first-order valence-electron chi connectivity index (χ1n) is 14.6. The van der Waals surface area contributed by atoms with Crippen molar-refractivity contribution in [1.82, 2.24) is 15.1 Å². The number of piperazine rings is 1. The normalized spacial score (nSPS) is 18.0. The number of hydrogen-bond acceptors (Lipinski definition) is 6. The number of piperidine rings is 1. The first-order valence-corrected chi connectivity index (χ1v) is 15.4. The van der Waals surface area contributed by atoms with Crippen molar-refractivity contribution in [3.8, 4) is 5.75 Å². The molecule has 228 valence electrons. The third-order valence-electron chi connectivity index (χ3n) is 7.46. The average molecular weight is 644 g/mol. The van der Waals surface area contributed by atoms with Crippen LogP contribution in [-0.4, -0.2) is 78.2 Å². The molecular weight excluding hydrogens is 600 g/mol. The quantitative estimate of drug-likeness (QED) is 0.445. The summed E-state index contributed by atoms with van der Waals surface area (Å²) in [6, 6.07) is 15.7. The van der Waals surface area contributed by atoms with Crippen molar-refractivity contribution in [2.24, 2.45) is 5.92 Å². The van der Waals surface area contributed by atoms with Crippen LogP contribution in [0.1, 0.15) is 53.0 Å². The molecule has 4 rings (SSSR count). The molecule has 0 saturated carbocycles. The number of nitrogens with zero attached hydrogens (tertiary/aromatic N) is 3. The van der Waals surface area contributed by atoms with Gasteiger partial charge in [0.05, 0.1) is 5.92 Å². The van der Waals surface area contributed by atoms with Crippen molar-refractivity contribution < 1.29 is 23.9 Å². The highest BCUT2D eigenvalue weighted by atomic mass is 79.9. The van der Waals surface area contributed by atoms with E-state index in [1.54, 1.807) is 23.6 Å². The lowest BCUT2D eigenvalue weighted by atomic mass is 9.96. The van der Waals surface area contributed by atoms with Crippen molar-refractivity contribution in [2.75, 3.05) is 44.2 Å². The van der Waals surface area contributed by atoms with Gasteiger partial charge in [-0.3, -0.25) is 9.59 Å². The van der Waals surface area contributed by atoms with E-state index in [9.17, 15) is 14.4 Å².